The number of pyridine rings is 1. The van der Waals surface area contributed by atoms with Gasteiger partial charge < -0.3 is 5.32 Å². The highest BCUT2D eigenvalue weighted by molar-refractivity contribution is 6.30. The highest BCUT2D eigenvalue weighted by atomic mass is 35.5. The number of piperidine rings is 1. The van der Waals surface area contributed by atoms with E-state index in [1.165, 1.54) is 5.56 Å². The standard InChI is InChI=1S/C21H22ClN5O/c22-18-5-2-16(3-6-18)15-26-12-8-19(9-13-26)25-21(28)17-4-7-20(23-14-17)27-11-1-10-24-27/h1-7,10-11,14,19H,8-9,12-13,15H2,(H,25,28). The molecule has 1 aliphatic heterocycles. The van der Waals surface area contributed by atoms with Crippen LogP contribution in [-0.2, 0) is 6.54 Å². The summed E-state index contributed by atoms with van der Waals surface area (Å²) < 4.78 is 1.66. The van der Waals surface area contributed by atoms with Gasteiger partial charge in [-0.05, 0) is 48.7 Å². The van der Waals surface area contributed by atoms with Crippen LogP contribution in [0, 0.1) is 0 Å². The first-order chi connectivity index (χ1) is 13.7. The Hall–Kier alpha value is -2.70. The third-order valence-corrected chi connectivity index (χ3v) is 5.24. The van der Waals surface area contributed by atoms with Crippen LogP contribution < -0.4 is 5.32 Å². The number of halogens is 1. The van der Waals surface area contributed by atoms with Crippen LogP contribution in [-0.4, -0.2) is 44.7 Å². The van der Waals surface area contributed by atoms with Crippen LogP contribution in [0.15, 0.2) is 61.1 Å². The molecule has 0 aliphatic carbocycles. The zero-order chi connectivity index (χ0) is 19.3. The molecule has 144 valence electrons. The van der Waals surface area contributed by atoms with E-state index in [9.17, 15) is 4.79 Å². The summed E-state index contributed by atoms with van der Waals surface area (Å²) in [6, 6.07) is 13.6. The second-order valence-electron chi connectivity index (χ2n) is 7.01. The Morgan fingerprint density at radius 1 is 1.14 bits per heavy atom. The molecule has 1 saturated heterocycles. The molecule has 0 radical (unpaired) electrons. The molecule has 1 N–H and O–H groups in total. The maximum absolute atomic E-state index is 12.5. The fourth-order valence-electron chi connectivity index (χ4n) is 3.41. The topological polar surface area (TPSA) is 63.1 Å². The molecule has 3 aromatic rings. The summed E-state index contributed by atoms with van der Waals surface area (Å²) in [6.45, 7) is 2.84. The predicted octanol–water partition coefficient (Wildman–Crippen LogP) is 3.32. The molecule has 28 heavy (non-hydrogen) atoms. The minimum atomic E-state index is -0.0735. The Morgan fingerprint density at radius 3 is 2.57 bits per heavy atom. The molecule has 0 saturated carbocycles. The van der Waals surface area contributed by atoms with Crippen molar-refractivity contribution in [1.82, 2.24) is 25.0 Å². The smallest absolute Gasteiger partial charge is 0.253 e. The van der Waals surface area contributed by atoms with E-state index in [1.54, 1.807) is 29.2 Å². The van der Waals surface area contributed by atoms with Gasteiger partial charge in [0.1, 0.15) is 0 Å². The first-order valence-electron chi connectivity index (χ1n) is 9.41. The number of hydrogen-bond acceptors (Lipinski definition) is 4. The van der Waals surface area contributed by atoms with Crippen molar-refractivity contribution in [2.24, 2.45) is 0 Å². The van der Waals surface area contributed by atoms with Crippen molar-refractivity contribution >= 4 is 17.5 Å². The Labute approximate surface area is 169 Å². The van der Waals surface area contributed by atoms with Gasteiger partial charge in [-0.25, -0.2) is 9.67 Å². The van der Waals surface area contributed by atoms with Crippen LogP contribution in [0.2, 0.25) is 5.02 Å². The lowest BCUT2D eigenvalue weighted by Gasteiger charge is -2.32. The number of likely N-dealkylation sites (tertiary alicyclic amines) is 1. The van der Waals surface area contributed by atoms with Crippen molar-refractivity contribution in [1.29, 1.82) is 0 Å². The van der Waals surface area contributed by atoms with Crippen LogP contribution in [0.1, 0.15) is 28.8 Å². The van der Waals surface area contributed by atoms with Crippen molar-refractivity contribution < 1.29 is 4.79 Å². The van der Waals surface area contributed by atoms with E-state index in [4.69, 9.17) is 11.6 Å². The molecule has 1 aromatic carbocycles. The van der Waals surface area contributed by atoms with Crippen LogP contribution in [0.5, 0.6) is 0 Å². The van der Waals surface area contributed by atoms with E-state index in [0.29, 0.717) is 11.4 Å². The van der Waals surface area contributed by atoms with Crippen molar-refractivity contribution in [3.8, 4) is 5.82 Å². The third kappa shape index (κ3) is 4.58. The molecule has 1 amide bonds. The van der Waals surface area contributed by atoms with E-state index < -0.39 is 0 Å². The normalized spacial score (nSPS) is 15.5. The van der Waals surface area contributed by atoms with Gasteiger partial charge in [-0.3, -0.25) is 9.69 Å². The molecule has 0 bridgehead atoms. The Bertz CT molecular complexity index is 901. The van der Waals surface area contributed by atoms with Crippen molar-refractivity contribution in [2.45, 2.75) is 25.4 Å². The van der Waals surface area contributed by atoms with E-state index in [0.717, 1.165) is 37.5 Å². The molecule has 0 spiro atoms. The second-order valence-corrected chi connectivity index (χ2v) is 7.44. The van der Waals surface area contributed by atoms with Gasteiger partial charge in [-0.15, -0.1) is 0 Å². The number of nitrogens with one attached hydrogen (secondary N) is 1. The van der Waals surface area contributed by atoms with E-state index >= 15 is 0 Å². The molecular weight excluding hydrogens is 374 g/mol. The number of aromatic nitrogens is 3. The summed E-state index contributed by atoms with van der Waals surface area (Å²) in [4.78, 5) is 19.2. The lowest BCUT2D eigenvalue weighted by Crippen LogP contribution is -2.44. The van der Waals surface area contributed by atoms with Crippen LogP contribution in [0.3, 0.4) is 0 Å². The number of amides is 1. The van der Waals surface area contributed by atoms with Gasteiger partial charge in [0.25, 0.3) is 5.91 Å². The number of carbonyl (C=O) groups excluding carboxylic acids is 1. The summed E-state index contributed by atoms with van der Waals surface area (Å²) in [5.41, 5.74) is 1.83. The van der Waals surface area contributed by atoms with Crippen molar-refractivity contribution in [3.05, 3.63) is 77.2 Å². The second kappa shape index (κ2) is 8.54. The lowest BCUT2D eigenvalue weighted by molar-refractivity contribution is 0.0908. The quantitative estimate of drug-likeness (QED) is 0.719. The highest BCUT2D eigenvalue weighted by Gasteiger charge is 2.21. The van der Waals surface area contributed by atoms with Gasteiger partial charge in [0.05, 0.1) is 5.56 Å². The predicted molar refractivity (Wildman–Crippen MR) is 109 cm³/mol. The minimum absolute atomic E-state index is 0.0735. The molecule has 0 atom stereocenters. The maximum atomic E-state index is 12.5. The maximum Gasteiger partial charge on any atom is 0.253 e. The molecule has 0 unspecified atom stereocenters. The van der Waals surface area contributed by atoms with Crippen molar-refractivity contribution in [3.63, 3.8) is 0 Å². The van der Waals surface area contributed by atoms with E-state index in [1.807, 2.05) is 24.4 Å². The zero-order valence-electron chi connectivity index (χ0n) is 15.5. The Balaban J connectivity index is 1.27. The average Bonchev–Trinajstić information content (AvgIpc) is 3.26. The number of rotatable bonds is 5. The molecule has 1 aliphatic rings. The molecule has 2 aromatic heterocycles. The summed E-state index contributed by atoms with van der Waals surface area (Å²) in [5.74, 6) is 0.618. The lowest BCUT2D eigenvalue weighted by atomic mass is 10.0. The van der Waals surface area contributed by atoms with E-state index in [-0.39, 0.29) is 11.9 Å². The number of nitrogens with zero attached hydrogens (tertiary/aromatic N) is 4. The zero-order valence-corrected chi connectivity index (χ0v) is 16.2. The van der Waals surface area contributed by atoms with Gasteiger partial charge in [0, 0.05) is 49.3 Å². The SMILES string of the molecule is O=C(NC1CCN(Cc2ccc(Cl)cc2)CC1)c1ccc(-n2cccn2)nc1. The van der Waals surface area contributed by atoms with Gasteiger partial charge in [0.15, 0.2) is 5.82 Å². The van der Waals surface area contributed by atoms with Crippen molar-refractivity contribution in [2.75, 3.05) is 13.1 Å². The largest absolute Gasteiger partial charge is 0.349 e. The van der Waals surface area contributed by atoms with Gasteiger partial charge in [-0.2, -0.15) is 5.10 Å². The van der Waals surface area contributed by atoms with Gasteiger partial charge in [-0.1, -0.05) is 23.7 Å². The average molecular weight is 396 g/mol. The highest BCUT2D eigenvalue weighted by Crippen LogP contribution is 2.16. The number of carbonyl (C=O) groups is 1. The third-order valence-electron chi connectivity index (χ3n) is 4.99. The molecule has 1 fully saturated rings. The summed E-state index contributed by atoms with van der Waals surface area (Å²) in [7, 11) is 0. The fourth-order valence-corrected chi connectivity index (χ4v) is 3.54. The Kier molecular flexibility index (Phi) is 5.69. The van der Waals surface area contributed by atoms with Crippen LogP contribution in [0.25, 0.3) is 5.82 Å². The Morgan fingerprint density at radius 2 is 1.93 bits per heavy atom. The molecular formula is C21H22ClN5O. The molecule has 4 rings (SSSR count). The first-order valence-corrected chi connectivity index (χ1v) is 9.79. The van der Waals surface area contributed by atoms with Crippen LogP contribution >= 0.6 is 11.6 Å². The summed E-state index contributed by atoms with van der Waals surface area (Å²) >= 11 is 5.94. The molecule has 6 nitrogen and oxygen atoms in total. The monoisotopic (exact) mass is 395 g/mol. The molecule has 3 heterocycles. The molecule has 7 heteroatoms. The number of benzene rings is 1. The van der Waals surface area contributed by atoms with E-state index in [2.05, 4.69) is 32.4 Å². The fraction of sp³-hybridized carbons (Fsp3) is 0.286. The first kappa shape index (κ1) is 18.7. The van der Waals surface area contributed by atoms with Gasteiger partial charge >= 0.3 is 0 Å². The number of hydrogen-bond donors (Lipinski definition) is 1. The summed E-state index contributed by atoms with van der Waals surface area (Å²) in [5, 5.41) is 8.04. The van der Waals surface area contributed by atoms with Gasteiger partial charge in [0.2, 0.25) is 0 Å². The van der Waals surface area contributed by atoms with Crippen LogP contribution in [0.4, 0.5) is 0 Å². The minimum Gasteiger partial charge on any atom is -0.349 e. The summed E-state index contributed by atoms with van der Waals surface area (Å²) in [6.07, 6.45) is 7.00.